The molecule has 0 aliphatic carbocycles. The molecule has 0 bridgehead atoms. The molecule has 0 saturated carbocycles. The summed E-state index contributed by atoms with van der Waals surface area (Å²) in [5, 5.41) is 4.21. The molecule has 1 aromatic carbocycles. The lowest BCUT2D eigenvalue weighted by Gasteiger charge is -2.27. The standard InChI is InChI=1S/C19H27ClN2O/c20-18-6-2-1-4-16(18)14-17-5-3-13-22(17)19(23)8-7-15-9-11-21-12-10-15/h1-2,4,6,15,17,21H,3,5,7-14H2. The molecule has 2 aliphatic heterocycles. The molecule has 1 atom stereocenters. The summed E-state index contributed by atoms with van der Waals surface area (Å²) >= 11 is 6.28. The van der Waals surface area contributed by atoms with E-state index >= 15 is 0 Å². The summed E-state index contributed by atoms with van der Waals surface area (Å²) in [6, 6.07) is 8.34. The molecular weight excluding hydrogens is 308 g/mol. The van der Waals surface area contributed by atoms with Gasteiger partial charge in [0, 0.05) is 24.0 Å². The molecule has 126 valence electrons. The summed E-state index contributed by atoms with van der Waals surface area (Å²) in [5.74, 6) is 1.07. The zero-order valence-electron chi connectivity index (χ0n) is 13.8. The van der Waals surface area contributed by atoms with Crippen molar-refractivity contribution in [2.24, 2.45) is 5.92 Å². The van der Waals surface area contributed by atoms with Crippen LogP contribution in [-0.2, 0) is 11.2 Å². The molecule has 0 aromatic heterocycles. The maximum atomic E-state index is 12.7. The van der Waals surface area contributed by atoms with Gasteiger partial charge in [0.25, 0.3) is 0 Å². The summed E-state index contributed by atoms with van der Waals surface area (Å²) in [4.78, 5) is 14.8. The number of nitrogens with zero attached hydrogens (tertiary/aromatic N) is 1. The molecule has 0 radical (unpaired) electrons. The number of hydrogen-bond donors (Lipinski definition) is 1. The highest BCUT2D eigenvalue weighted by atomic mass is 35.5. The Balaban J connectivity index is 1.53. The van der Waals surface area contributed by atoms with E-state index < -0.39 is 0 Å². The number of piperidine rings is 1. The number of benzene rings is 1. The number of hydrogen-bond acceptors (Lipinski definition) is 2. The first-order valence-electron chi connectivity index (χ1n) is 8.97. The fraction of sp³-hybridized carbons (Fsp3) is 0.632. The number of carbonyl (C=O) groups excluding carboxylic acids is 1. The van der Waals surface area contributed by atoms with Crippen LogP contribution in [0.5, 0.6) is 0 Å². The van der Waals surface area contributed by atoms with Gasteiger partial charge in [-0.25, -0.2) is 0 Å². The van der Waals surface area contributed by atoms with Crippen LogP contribution in [0.1, 0.15) is 44.1 Å². The van der Waals surface area contributed by atoms with Gasteiger partial charge in [0.05, 0.1) is 0 Å². The first kappa shape index (κ1) is 16.8. The van der Waals surface area contributed by atoms with E-state index in [0.29, 0.717) is 18.4 Å². The number of amides is 1. The van der Waals surface area contributed by atoms with Gasteiger partial charge in [-0.1, -0.05) is 29.8 Å². The second kappa shape index (κ2) is 8.16. The van der Waals surface area contributed by atoms with Crippen molar-refractivity contribution in [2.45, 2.75) is 51.0 Å². The molecule has 1 unspecified atom stereocenters. The van der Waals surface area contributed by atoms with Crippen LogP contribution in [0.4, 0.5) is 0 Å². The first-order valence-corrected chi connectivity index (χ1v) is 9.35. The van der Waals surface area contributed by atoms with Crippen LogP contribution in [0.2, 0.25) is 5.02 Å². The number of likely N-dealkylation sites (tertiary alicyclic amines) is 1. The van der Waals surface area contributed by atoms with Gasteiger partial charge in [0.1, 0.15) is 0 Å². The van der Waals surface area contributed by atoms with E-state index in [-0.39, 0.29) is 0 Å². The molecule has 1 N–H and O–H groups in total. The summed E-state index contributed by atoms with van der Waals surface area (Å²) < 4.78 is 0. The van der Waals surface area contributed by atoms with Crippen molar-refractivity contribution >= 4 is 17.5 Å². The number of halogens is 1. The van der Waals surface area contributed by atoms with Gasteiger partial charge in [-0.2, -0.15) is 0 Å². The lowest BCUT2D eigenvalue weighted by molar-refractivity contribution is -0.132. The molecule has 23 heavy (non-hydrogen) atoms. The lowest BCUT2D eigenvalue weighted by atomic mass is 9.93. The summed E-state index contributed by atoms with van der Waals surface area (Å²) in [6.45, 7) is 3.13. The molecule has 4 heteroatoms. The normalized spacial score (nSPS) is 22.5. The molecule has 2 saturated heterocycles. The predicted octanol–water partition coefficient (Wildman–Crippen LogP) is 3.65. The minimum Gasteiger partial charge on any atom is -0.339 e. The second-order valence-corrected chi connectivity index (χ2v) is 7.32. The summed E-state index contributed by atoms with van der Waals surface area (Å²) in [5.41, 5.74) is 1.16. The first-order chi connectivity index (χ1) is 11.2. The Hall–Kier alpha value is -1.06. The van der Waals surface area contributed by atoms with Crippen LogP contribution in [-0.4, -0.2) is 36.5 Å². The molecule has 1 amide bonds. The van der Waals surface area contributed by atoms with E-state index in [0.717, 1.165) is 61.8 Å². The van der Waals surface area contributed by atoms with E-state index in [1.165, 1.54) is 12.8 Å². The summed E-state index contributed by atoms with van der Waals surface area (Å²) in [7, 11) is 0. The van der Waals surface area contributed by atoms with Crippen molar-refractivity contribution < 1.29 is 4.79 Å². The minimum absolute atomic E-state index is 0.329. The third kappa shape index (κ3) is 4.48. The van der Waals surface area contributed by atoms with Crippen LogP contribution in [0.15, 0.2) is 24.3 Å². The van der Waals surface area contributed by atoms with Crippen LogP contribution >= 0.6 is 11.6 Å². The SMILES string of the molecule is O=C(CCC1CCNCC1)N1CCCC1Cc1ccccc1Cl. The Bertz CT molecular complexity index is 528. The Labute approximate surface area is 144 Å². The van der Waals surface area contributed by atoms with Crippen LogP contribution in [0, 0.1) is 5.92 Å². The lowest BCUT2D eigenvalue weighted by Crippen LogP contribution is -2.37. The molecule has 0 spiro atoms. The Kier molecular flexibility index (Phi) is 5.96. The topological polar surface area (TPSA) is 32.3 Å². The number of rotatable bonds is 5. The second-order valence-electron chi connectivity index (χ2n) is 6.91. The van der Waals surface area contributed by atoms with E-state index in [9.17, 15) is 4.79 Å². The summed E-state index contributed by atoms with van der Waals surface area (Å²) in [6.07, 6.45) is 7.31. The van der Waals surface area contributed by atoms with Crippen molar-refractivity contribution in [2.75, 3.05) is 19.6 Å². The zero-order valence-corrected chi connectivity index (χ0v) is 14.5. The van der Waals surface area contributed by atoms with Crippen LogP contribution in [0.25, 0.3) is 0 Å². The zero-order chi connectivity index (χ0) is 16.1. The smallest absolute Gasteiger partial charge is 0.222 e. The molecule has 3 rings (SSSR count). The number of nitrogens with one attached hydrogen (secondary N) is 1. The molecule has 2 fully saturated rings. The Morgan fingerprint density at radius 2 is 2.00 bits per heavy atom. The average Bonchev–Trinajstić information content (AvgIpc) is 3.04. The van der Waals surface area contributed by atoms with Gasteiger partial charge in [0.2, 0.25) is 5.91 Å². The maximum Gasteiger partial charge on any atom is 0.222 e. The quantitative estimate of drug-likeness (QED) is 0.891. The van der Waals surface area contributed by atoms with Gasteiger partial charge in [-0.15, -0.1) is 0 Å². The highest BCUT2D eigenvalue weighted by Crippen LogP contribution is 2.26. The monoisotopic (exact) mass is 334 g/mol. The van der Waals surface area contributed by atoms with Crippen LogP contribution < -0.4 is 5.32 Å². The van der Waals surface area contributed by atoms with Gasteiger partial charge >= 0.3 is 0 Å². The van der Waals surface area contributed by atoms with Crippen molar-refractivity contribution in [1.29, 1.82) is 0 Å². The van der Waals surface area contributed by atoms with Gasteiger partial charge in [-0.05, 0) is 69.2 Å². The van der Waals surface area contributed by atoms with E-state index in [1.54, 1.807) is 0 Å². The van der Waals surface area contributed by atoms with Crippen molar-refractivity contribution in [3.05, 3.63) is 34.9 Å². The molecule has 1 aromatic rings. The fourth-order valence-corrected chi connectivity index (χ4v) is 4.15. The van der Waals surface area contributed by atoms with Gasteiger partial charge in [-0.3, -0.25) is 4.79 Å². The predicted molar refractivity (Wildman–Crippen MR) is 94.7 cm³/mol. The Morgan fingerprint density at radius 1 is 1.22 bits per heavy atom. The van der Waals surface area contributed by atoms with Gasteiger partial charge < -0.3 is 10.2 Å². The van der Waals surface area contributed by atoms with E-state index in [1.807, 2.05) is 18.2 Å². The molecule has 2 aliphatic rings. The fourth-order valence-electron chi connectivity index (χ4n) is 3.94. The highest BCUT2D eigenvalue weighted by molar-refractivity contribution is 6.31. The maximum absolute atomic E-state index is 12.7. The third-order valence-corrected chi connectivity index (χ3v) is 5.70. The van der Waals surface area contributed by atoms with Crippen molar-refractivity contribution in [3.63, 3.8) is 0 Å². The molecular formula is C19H27ClN2O. The van der Waals surface area contributed by atoms with Crippen LogP contribution in [0.3, 0.4) is 0 Å². The van der Waals surface area contributed by atoms with E-state index in [2.05, 4.69) is 16.3 Å². The largest absolute Gasteiger partial charge is 0.339 e. The highest BCUT2D eigenvalue weighted by Gasteiger charge is 2.29. The third-order valence-electron chi connectivity index (χ3n) is 5.34. The molecule has 3 nitrogen and oxygen atoms in total. The van der Waals surface area contributed by atoms with Crippen molar-refractivity contribution in [1.82, 2.24) is 10.2 Å². The molecule has 2 heterocycles. The number of carbonyl (C=O) groups is 1. The average molecular weight is 335 g/mol. The van der Waals surface area contributed by atoms with E-state index in [4.69, 9.17) is 11.6 Å². The van der Waals surface area contributed by atoms with Gasteiger partial charge in [0.15, 0.2) is 0 Å². The van der Waals surface area contributed by atoms with Crippen molar-refractivity contribution in [3.8, 4) is 0 Å². The minimum atomic E-state index is 0.329. The Morgan fingerprint density at radius 3 is 2.78 bits per heavy atom.